The Morgan fingerprint density at radius 1 is 0.412 bits per heavy atom. The third-order valence-electron chi connectivity index (χ3n) is 5.84. The van der Waals surface area contributed by atoms with E-state index in [1.165, 1.54) is 20.9 Å². The molecule has 1 aromatic carbocycles. The number of benzene rings is 1. The van der Waals surface area contributed by atoms with Gasteiger partial charge in [0.25, 0.3) is 0 Å². The number of furan rings is 1. The molecule has 2 heteroatoms. The first kappa shape index (κ1) is 30.2. The number of hydrogen-bond donors (Lipinski definition) is 0. The Hall–Kier alpha value is -1.80. The highest BCUT2D eigenvalue weighted by atomic mass is 32.1. The van der Waals surface area contributed by atoms with E-state index in [0.717, 1.165) is 11.5 Å². The first-order valence-electron chi connectivity index (χ1n) is 13.1. The minimum atomic E-state index is 0.502. The van der Waals surface area contributed by atoms with E-state index in [2.05, 4.69) is 132 Å². The summed E-state index contributed by atoms with van der Waals surface area (Å²) in [5, 5.41) is 0. The Labute approximate surface area is 215 Å². The van der Waals surface area contributed by atoms with Crippen LogP contribution >= 0.6 is 11.3 Å². The molecule has 0 aliphatic carbocycles. The summed E-state index contributed by atoms with van der Waals surface area (Å²) in [5.41, 5.74) is 2.86. The second-order valence-electron chi connectivity index (χ2n) is 11.1. The van der Waals surface area contributed by atoms with E-state index in [-0.39, 0.29) is 0 Å². The molecule has 0 unspecified atom stereocenters. The normalized spacial score (nSPS) is 11.4. The summed E-state index contributed by atoms with van der Waals surface area (Å²) in [4.78, 5) is 3.02. The van der Waals surface area contributed by atoms with Gasteiger partial charge in [0, 0.05) is 21.6 Å². The zero-order chi connectivity index (χ0) is 26.0. The Morgan fingerprint density at radius 3 is 0.912 bits per heavy atom. The number of thiophene rings is 1. The molecule has 0 aliphatic heterocycles. The maximum absolute atomic E-state index is 5.61. The van der Waals surface area contributed by atoms with Gasteiger partial charge in [0.1, 0.15) is 11.5 Å². The highest BCUT2D eigenvalue weighted by molar-refractivity contribution is 7.12. The molecule has 3 rings (SSSR count). The minimum Gasteiger partial charge on any atom is -0.466 e. The lowest BCUT2D eigenvalue weighted by Crippen LogP contribution is -1.90. The molecule has 0 amide bonds. The van der Waals surface area contributed by atoms with E-state index in [4.69, 9.17) is 4.42 Å². The van der Waals surface area contributed by atoms with Crippen LogP contribution < -0.4 is 0 Å². The van der Waals surface area contributed by atoms with Gasteiger partial charge in [-0.3, -0.25) is 0 Å². The van der Waals surface area contributed by atoms with E-state index < -0.39 is 0 Å². The fourth-order valence-corrected chi connectivity index (χ4v) is 4.26. The molecule has 0 bridgehead atoms. The summed E-state index contributed by atoms with van der Waals surface area (Å²) in [7, 11) is 0. The molecule has 2 heterocycles. The summed E-state index contributed by atoms with van der Waals surface area (Å²) >= 11 is 1.95. The maximum atomic E-state index is 5.61. The van der Waals surface area contributed by atoms with Crippen LogP contribution in [-0.4, -0.2) is 0 Å². The molecule has 0 atom stereocenters. The summed E-state index contributed by atoms with van der Waals surface area (Å²) in [6.45, 7) is 26.5. The average molecular weight is 483 g/mol. The largest absolute Gasteiger partial charge is 0.466 e. The summed E-state index contributed by atoms with van der Waals surface area (Å²) in [6, 6.07) is 17.6. The van der Waals surface area contributed by atoms with Crippen molar-refractivity contribution in [2.24, 2.45) is 0 Å². The van der Waals surface area contributed by atoms with Gasteiger partial charge in [0.05, 0.1) is 0 Å². The highest BCUT2D eigenvalue weighted by Crippen LogP contribution is 2.29. The van der Waals surface area contributed by atoms with Gasteiger partial charge in [-0.1, -0.05) is 107 Å². The predicted molar refractivity (Wildman–Crippen MR) is 154 cm³/mol. The van der Waals surface area contributed by atoms with Crippen molar-refractivity contribution in [3.8, 4) is 0 Å². The molecule has 0 fully saturated rings. The van der Waals surface area contributed by atoms with E-state index in [9.17, 15) is 0 Å². The van der Waals surface area contributed by atoms with Crippen LogP contribution in [0.4, 0.5) is 0 Å². The molecule has 0 aliphatic rings. The number of hydrogen-bond acceptors (Lipinski definition) is 2. The minimum absolute atomic E-state index is 0.502. The molecule has 1 nitrogen and oxygen atoms in total. The summed E-state index contributed by atoms with van der Waals surface area (Å²) in [5.74, 6) is 5.85. The summed E-state index contributed by atoms with van der Waals surface area (Å²) < 4.78 is 5.61. The first-order valence-corrected chi connectivity index (χ1v) is 13.9. The van der Waals surface area contributed by atoms with Crippen molar-refractivity contribution in [2.75, 3.05) is 0 Å². The standard InChI is InChI=1S/C12H18.C10H16O.C10H16S/c1-9(2)11-5-7-12(8-6-11)10(3)4;2*1-7(2)9-5-6-10(11-9)8(3)4/h5-10H,1-4H3;2*5-8H,1-4H3. The van der Waals surface area contributed by atoms with Crippen molar-refractivity contribution in [3.63, 3.8) is 0 Å². The predicted octanol–water partition coefficient (Wildman–Crippen LogP) is 11.5. The van der Waals surface area contributed by atoms with Gasteiger partial charge in [-0.15, -0.1) is 11.3 Å². The second-order valence-corrected chi connectivity index (χ2v) is 12.2. The van der Waals surface area contributed by atoms with Gasteiger partial charge in [-0.25, -0.2) is 0 Å². The summed E-state index contributed by atoms with van der Waals surface area (Å²) in [6.07, 6.45) is 0. The van der Waals surface area contributed by atoms with Crippen molar-refractivity contribution >= 4 is 11.3 Å². The van der Waals surface area contributed by atoms with Crippen LogP contribution in [0.15, 0.2) is 52.9 Å². The Bertz CT molecular complexity index is 798. The van der Waals surface area contributed by atoms with Crippen molar-refractivity contribution in [1.29, 1.82) is 0 Å². The molecule has 34 heavy (non-hydrogen) atoms. The van der Waals surface area contributed by atoms with Gasteiger partial charge in [0.15, 0.2) is 0 Å². The topological polar surface area (TPSA) is 13.1 Å². The molecular formula is C32H50OS. The zero-order valence-electron chi connectivity index (χ0n) is 23.9. The van der Waals surface area contributed by atoms with Crippen LogP contribution in [-0.2, 0) is 0 Å². The lowest BCUT2D eigenvalue weighted by molar-refractivity contribution is 0.432. The molecule has 0 radical (unpaired) electrons. The molecule has 0 spiro atoms. The van der Waals surface area contributed by atoms with Crippen LogP contribution in [0.3, 0.4) is 0 Å². The highest BCUT2D eigenvalue weighted by Gasteiger charge is 2.08. The van der Waals surface area contributed by atoms with Crippen LogP contribution in [0.5, 0.6) is 0 Å². The number of rotatable bonds is 6. The van der Waals surface area contributed by atoms with E-state index in [0.29, 0.717) is 35.5 Å². The molecule has 190 valence electrons. The molecule has 3 aromatic rings. The van der Waals surface area contributed by atoms with Gasteiger partial charge >= 0.3 is 0 Å². The molecule has 2 aromatic heterocycles. The van der Waals surface area contributed by atoms with Gasteiger partial charge in [-0.05, 0) is 59.1 Å². The molecule has 0 saturated carbocycles. The lowest BCUT2D eigenvalue weighted by Gasteiger charge is -2.08. The fraction of sp³-hybridized carbons (Fsp3) is 0.562. The van der Waals surface area contributed by atoms with E-state index >= 15 is 0 Å². The van der Waals surface area contributed by atoms with Crippen molar-refractivity contribution in [1.82, 2.24) is 0 Å². The first-order chi connectivity index (χ1) is 15.8. The van der Waals surface area contributed by atoms with Crippen LogP contribution in [0.2, 0.25) is 0 Å². The fourth-order valence-electron chi connectivity index (χ4n) is 3.24. The Balaban J connectivity index is 0.000000255. The zero-order valence-corrected chi connectivity index (χ0v) is 24.7. The monoisotopic (exact) mass is 482 g/mol. The van der Waals surface area contributed by atoms with Crippen LogP contribution in [0.25, 0.3) is 0 Å². The average Bonchev–Trinajstić information content (AvgIpc) is 3.45. The van der Waals surface area contributed by atoms with E-state index in [1.54, 1.807) is 0 Å². The van der Waals surface area contributed by atoms with Crippen LogP contribution in [0.1, 0.15) is 151 Å². The molecule has 0 N–H and O–H groups in total. The van der Waals surface area contributed by atoms with Crippen molar-refractivity contribution in [3.05, 3.63) is 80.9 Å². The van der Waals surface area contributed by atoms with Gasteiger partial charge < -0.3 is 4.42 Å². The van der Waals surface area contributed by atoms with Crippen molar-refractivity contribution in [2.45, 2.75) is 119 Å². The van der Waals surface area contributed by atoms with Crippen LogP contribution in [0, 0.1) is 0 Å². The van der Waals surface area contributed by atoms with Gasteiger partial charge in [0.2, 0.25) is 0 Å². The SMILES string of the molecule is CC(C)c1ccc(C(C)C)cc1.CC(C)c1ccc(C(C)C)o1.CC(C)c1ccc(C(C)C)s1. The Kier molecular flexibility index (Phi) is 13.0. The maximum Gasteiger partial charge on any atom is 0.106 e. The third kappa shape index (κ3) is 10.2. The third-order valence-corrected chi connectivity index (χ3v) is 7.53. The van der Waals surface area contributed by atoms with Gasteiger partial charge in [-0.2, -0.15) is 0 Å². The van der Waals surface area contributed by atoms with E-state index in [1.807, 2.05) is 11.3 Å². The lowest BCUT2D eigenvalue weighted by atomic mass is 9.97. The smallest absolute Gasteiger partial charge is 0.106 e. The van der Waals surface area contributed by atoms with Crippen molar-refractivity contribution < 1.29 is 4.42 Å². The second kappa shape index (κ2) is 14.6. The molecular weight excluding hydrogens is 432 g/mol. The quantitative estimate of drug-likeness (QED) is 0.340. The Morgan fingerprint density at radius 2 is 0.735 bits per heavy atom. The molecule has 0 saturated heterocycles.